The van der Waals surface area contributed by atoms with Crippen molar-refractivity contribution in [3.63, 3.8) is 0 Å². The number of ether oxygens (including phenoxy) is 1. The van der Waals surface area contributed by atoms with Crippen molar-refractivity contribution in [3.8, 4) is 0 Å². The molecule has 0 N–H and O–H groups in total. The first kappa shape index (κ1) is 19.6. The number of hydrogen-bond donors (Lipinski definition) is 0. The van der Waals surface area contributed by atoms with E-state index >= 15 is 0 Å². The van der Waals surface area contributed by atoms with Crippen LogP contribution in [-0.2, 0) is 26.2 Å². The average Bonchev–Trinajstić information content (AvgIpc) is 2.25. The third kappa shape index (κ3) is 10.1. The van der Waals surface area contributed by atoms with Gasteiger partial charge in [-0.2, -0.15) is 0 Å². The monoisotopic (exact) mass is 344 g/mol. The van der Waals surface area contributed by atoms with Crippen molar-refractivity contribution in [2.75, 3.05) is 20.7 Å². The second kappa shape index (κ2) is 9.54. The Morgan fingerprint density at radius 1 is 1.05 bits per heavy atom. The van der Waals surface area contributed by atoms with Crippen molar-refractivity contribution in [3.05, 3.63) is 0 Å². The van der Waals surface area contributed by atoms with Crippen LogP contribution in [0.2, 0.25) is 39.3 Å². The highest BCUT2D eigenvalue weighted by Gasteiger charge is 2.42. The quantitative estimate of drug-likeness (QED) is 0.412. The maximum Gasteiger partial charge on any atom is 0.492 e. The maximum atomic E-state index is 6.05. The van der Waals surface area contributed by atoms with Gasteiger partial charge in [-0.25, -0.2) is 0 Å². The minimum Gasteiger partial charge on any atom is -0.442 e. The standard InChI is InChI=1S/C9H28O6Si4/c1-10-8-12-19(7,13-9-11-17(3)4)15-18(5,6)14-16-2/h17H,8-9,16H2,1-7H3/t19-/m1/s1. The molecule has 0 aliphatic carbocycles. The SMILES string of the molecule is COCO[Si@](C)(OCO[SiH](C)C)O[Si](C)(C)O[SiH2]C. The van der Waals surface area contributed by atoms with Crippen LogP contribution in [0, 0.1) is 0 Å². The average molecular weight is 345 g/mol. The molecule has 0 fully saturated rings. The summed E-state index contributed by atoms with van der Waals surface area (Å²) in [4.78, 5) is 0. The molecule has 0 unspecified atom stereocenters. The Kier molecular flexibility index (Phi) is 9.86. The van der Waals surface area contributed by atoms with E-state index in [2.05, 4.69) is 19.6 Å². The minimum atomic E-state index is -2.78. The van der Waals surface area contributed by atoms with Gasteiger partial charge in [0.1, 0.15) is 23.3 Å². The Morgan fingerprint density at radius 2 is 1.63 bits per heavy atom. The Labute approximate surface area is 123 Å². The zero-order valence-corrected chi connectivity index (χ0v) is 17.7. The predicted molar refractivity (Wildman–Crippen MR) is 84.6 cm³/mol. The van der Waals surface area contributed by atoms with Gasteiger partial charge in [0.15, 0.2) is 9.04 Å². The van der Waals surface area contributed by atoms with Crippen LogP contribution in [0.5, 0.6) is 0 Å². The fourth-order valence-electron chi connectivity index (χ4n) is 1.37. The van der Waals surface area contributed by atoms with Crippen molar-refractivity contribution in [1.29, 1.82) is 0 Å². The number of methoxy groups -OCH3 is 1. The molecule has 0 radical (unpaired) electrons. The van der Waals surface area contributed by atoms with Crippen LogP contribution in [-0.4, -0.2) is 56.9 Å². The van der Waals surface area contributed by atoms with Crippen molar-refractivity contribution in [2.24, 2.45) is 0 Å². The van der Waals surface area contributed by atoms with Crippen molar-refractivity contribution in [1.82, 2.24) is 0 Å². The first-order chi connectivity index (χ1) is 8.74. The third-order valence-electron chi connectivity index (χ3n) is 2.08. The maximum absolute atomic E-state index is 6.05. The van der Waals surface area contributed by atoms with E-state index in [1.165, 1.54) is 0 Å². The van der Waals surface area contributed by atoms with Gasteiger partial charge in [-0.3, -0.25) is 0 Å². The minimum absolute atomic E-state index is 0.149. The second-order valence-electron chi connectivity index (χ2n) is 4.83. The lowest BCUT2D eigenvalue weighted by atomic mass is 11.4. The molecule has 10 heteroatoms. The van der Waals surface area contributed by atoms with Gasteiger partial charge < -0.3 is 26.2 Å². The molecule has 0 bridgehead atoms. The molecule has 1 atom stereocenters. The van der Waals surface area contributed by atoms with Crippen LogP contribution in [0.1, 0.15) is 0 Å². The van der Waals surface area contributed by atoms with Crippen molar-refractivity contribution >= 4 is 36.2 Å². The van der Waals surface area contributed by atoms with Crippen LogP contribution >= 0.6 is 0 Å². The van der Waals surface area contributed by atoms with E-state index in [0.29, 0.717) is 0 Å². The van der Waals surface area contributed by atoms with Crippen LogP contribution in [0.4, 0.5) is 0 Å². The summed E-state index contributed by atoms with van der Waals surface area (Å²) >= 11 is 0. The van der Waals surface area contributed by atoms with Crippen molar-refractivity contribution in [2.45, 2.75) is 39.3 Å². The highest BCUT2D eigenvalue weighted by molar-refractivity contribution is 6.78. The third-order valence-corrected chi connectivity index (χ3v) is 11.6. The summed E-state index contributed by atoms with van der Waals surface area (Å²) in [6, 6.07) is 0. The van der Waals surface area contributed by atoms with Crippen LogP contribution in [0.15, 0.2) is 0 Å². The molecular weight excluding hydrogens is 316 g/mol. The summed E-state index contributed by atoms with van der Waals surface area (Å²) in [5, 5.41) is 0. The molecule has 0 aliphatic rings. The highest BCUT2D eigenvalue weighted by atomic mass is 28.5. The Morgan fingerprint density at radius 3 is 2.11 bits per heavy atom. The summed E-state index contributed by atoms with van der Waals surface area (Å²) in [7, 11) is -5.03. The van der Waals surface area contributed by atoms with E-state index in [1.54, 1.807) is 7.11 Å². The van der Waals surface area contributed by atoms with Gasteiger partial charge in [0.2, 0.25) is 0 Å². The van der Waals surface area contributed by atoms with E-state index in [1.807, 2.05) is 19.6 Å². The predicted octanol–water partition coefficient (Wildman–Crippen LogP) is 1.02. The molecule has 0 saturated carbocycles. The fourth-order valence-corrected chi connectivity index (χ4v) is 10.1. The molecular formula is C9H28O6Si4. The first-order valence-corrected chi connectivity index (χ1v) is 16.3. The summed E-state index contributed by atoms with van der Waals surface area (Å²) in [6.45, 7) is 12.5. The molecule has 6 nitrogen and oxygen atoms in total. The second-order valence-corrected chi connectivity index (χ2v) is 14.9. The fraction of sp³-hybridized carbons (Fsp3) is 1.00. The Hall–Kier alpha value is 0.628. The van der Waals surface area contributed by atoms with Crippen LogP contribution in [0.3, 0.4) is 0 Å². The van der Waals surface area contributed by atoms with Crippen LogP contribution < -0.4 is 0 Å². The molecule has 0 rings (SSSR count). The highest BCUT2D eigenvalue weighted by Crippen LogP contribution is 2.18. The van der Waals surface area contributed by atoms with Gasteiger partial charge in [-0.1, -0.05) is 6.55 Å². The van der Waals surface area contributed by atoms with Gasteiger partial charge in [0, 0.05) is 13.7 Å². The van der Waals surface area contributed by atoms with E-state index in [-0.39, 0.29) is 13.6 Å². The summed E-state index contributed by atoms with van der Waals surface area (Å²) < 4.78 is 33.7. The summed E-state index contributed by atoms with van der Waals surface area (Å²) in [5.41, 5.74) is 0. The van der Waals surface area contributed by atoms with E-state index < -0.39 is 36.2 Å². The molecule has 0 aromatic heterocycles. The lowest BCUT2D eigenvalue weighted by Gasteiger charge is -2.33. The lowest BCUT2D eigenvalue weighted by Crippen LogP contribution is -2.53. The molecule has 0 amide bonds. The van der Waals surface area contributed by atoms with E-state index in [0.717, 1.165) is 0 Å². The largest absolute Gasteiger partial charge is 0.492 e. The molecule has 0 heterocycles. The van der Waals surface area contributed by atoms with Gasteiger partial charge in [-0.05, 0) is 26.2 Å². The van der Waals surface area contributed by atoms with E-state index in [4.69, 9.17) is 26.2 Å². The van der Waals surface area contributed by atoms with Gasteiger partial charge in [0.25, 0.3) is 0 Å². The normalized spacial score (nSPS) is 16.4. The Balaban J connectivity index is 4.48. The zero-order chi connectivity index (χ0) is 14.9. The molecule has 0 aromatic carbocycles. The zero-order valence-electron chi connectivity index (χ0n) is 13.1. The smallest absolute Gasteiger partial charge is 0.442 e. The summed E-state index contributed by atoms with van der Waals surface area (Å²) in [6.07, 6.45) is 0. The number of hydrogen-bond acceptors (Lipinski definition) is 6. The number of rotatable bonds is 11. The summed E-state index contributed by atoms with van der Waals surface area (Å²) in [5.74, 6) is 0. The molecule has 116 valence electrons. The Bertz CT molecular complexity index is 243. The van der Waals surface area contributed by atoms with E-state index in [9.17, 15) is 0 Å². The van der Waals surface area contributed by atoms with Crippen molar-refractivity contribution < 1.29 is 26.2 Å². The van der Waals surface area contributed by atoms with Crippen LogP contribution in [0.25, 0.3) is 0 Å². The van der Waals surface area contributed by atoms with Gasteiger partial charge in [0.05, 0.1) is 0 Å². The van der Waals surface area contributed by atoms with Gasteiger partial charge in [-0.15, -0.1) is 0 Å². The molecule has 0 aliphatic heterocycles. The lowest BCUT2D eigenvalue weighted by molar-refractivity contribution is -0.0272. The molecule has 19 heavy (non-hydrogen) atoms. The molecule has 0 saturated heterocycles. The topological polar surface area (TPSA) is 55.4 Å². The van der Waals surface area contributed by atoms with Gasteiger partial charge >= 0.3 is 17.4 Å². The first-order valence-electron chi connectivity index (χ1n) is 6.47. The molecule has 0 aromatic rings. The molecule has 0 spiro atoms.